The molecule has 0 amide bonds. The Labute approximate surface area is 102 Å². The van der Waals surface area contributed by atoms with Gasteiger partial charge >= 0.3 is 5.63 Å². The van der Waals surface area contributed by atoms with E-state index in [1.807, 2.05) is 33.8 Å². The average molecular weight is 232 g/mol. The van der Waals surface area contributed by atoms with E-state index in [4.69, 9.17) is 4.42 Å². The Morgan fingerprint density at radius 1 is 1.24 bits per heavy atom. The Balaban J connectivity index is 0.000000514. The fourth-order valence-electron chi connectivity index (χ4n) is 2.22. The summed E-state index contributed by atoms with van der Waals surface area (Å²) in [5.41, 5.74) is 1.40. The van der Waals surface area contributed by atoms with Crippen molar-refractivity contribution in [2.75, 3.05) is 0 Å². The van der Waals surface area contributed by atoms with Crippen LogP contribution in [-0.2, 0) is 0 Å². The molecule has 1 saturated carbocycles. The minimum Gasteiger partial charge on any atom is -0.423 e. The third-order valence-corrected chi connectivity index (χ3v) is 3.31. The molecule has 3 rings (SSSR count). The molecule has 0 N–H and O–H groups in total. The molecule has 17 heavy (non-hydrogen) atoms. The Kier molecular flexibility index (Phi) is 3.23. The molecule has 0 saturated heterocycles. The molecule has 1 aromatic heterocycles. The maximum Gasteiger partial charge on any atom is 0.339 e. The fraction of sp³-hybridized carbons (Fsp3) is 0.533. The summed E-state index contributed by atoms with van der Waals surface area (Å²) >= 11 is 0. The first-order chi connectivity index (χ1) is 8.15. The third kappa shape index (κ3) is 2.21. The number of hydrogen-bond donors (Lipinski definition) is 0. The molecule has 0 aliphatic heterocycles. The third-order valence-electron chi connectivity index (χ3n) is 3.31. The van der Waals surface area contributed by atoms with E-state index in [1.54, 1.807) is 0 Å². The second-order valence-corrected chi connectivity index (χ2v) is 4.86. The van der Waals surface area contributed by atoms with E-state index in [0.29, 0.717) is 11.8 Å². The second-order valence-electron chi connectivity index (χ2n) is 4.86. The maximum atomic E-state index is 11.7. The van der Waals surface area contributed by atoms with Crippen LogP contribution >= 0.6 is 0 Å². The molecule has 2 unspecified atom stereocenters. The van der Waals surface area contributed by atoms with E-state index >= 15 is 0 Å². The van der Waals surface area contributed by atoms with Gasteiger partial charge in [0, 0.05) is 10.8 Å². The maximum absolute atomic E-state index is 11.7. The quantitative estimate of drug-likeness (QED) is 0.741. The molecule has 2 nitrogen and oxygen atoms in total. The molecule has 0 radical (unpaired) electrons. The van der Waals surface area contributed by atoms with Gasteiger partial charge in [0.25, 0.3) is 0 Å². The predicted octanol–water partition coefficient (Wildman–Crippen LogP) is 2.00. The molecule has 1 aromatic rings. The SMILES string of the molecule is CC.CC(C)c1cc2c(oc1=O)=CC1CC1C=2. The Morgan fingerprint density at radius 2 is 1.88 bits per heavy atom. The minimum atomic E-state index is -0.174. The van der Waals surface area contributed by atoms with E-state index in [9.17, 15) is 4.79 Å². The Morgan fingerprint density at radius 3 is 2.53 bits per heavy atom. The van der Waals surface area contributed by atoms with Crippen molar-refractivity contribution in [1.82, 2.24) is 0 Å². The molecule has 2 aliphatic carbocycles. The van der Waals surface area contributed by atoms with Crippen LogP contribution in [-0.4, -0.2) is 0 Å². The highest BCUT2D eigenvalue weighted by Gasteiger charge is 2.35. The molecule has 2 atom stereocenters. The van der Waals surface area contributed by atoms with E-state index in [2.05, 4.69) is 12.2 Å². The normalized spacial score (nSPS) is 23.6. The van der Waals surface area contributed by atoms with Gasteiger partial charge in [0.15, 0.2) is 0 Å². The minimum absolute atomic E-state index is 0.174. The predicted molar refractivity (Wildman–Crippen MR) is 70.2 cm³/mol. The lowest BCUT2D eigenvalue weighted by atomic mass is 10.0. The Hall–Kier alpha value is -1.31. The number of rotatable bonds is 1. The molecule has 2 aliphatic rings. The summed E-state index contributed by atoms with van der Waals surface area (Å²) in [5.74, 6) is 1.56. The zero-order chi connectivity index (χ0) is 12.6. The van der Waals surface area contributed by atoms with Crippen LogP contribution in [0.5, 0.6) is 0 Å². The van der Waals surface area contributed by atoms with Gasteiger partial charge in [-0.15, -0.1) is 0 Å². The number of fused-ring (bicyclic) bond motifs is 2. The van der Waals surface area contributed by atoms with Crippen molar-refractivity contribution in [3.05, 3.63) is 32.7 Å². The zero-order valence-corrected chi connectivity index (χ0v) is 11.0. The summed E-state index contributed by atoms with van der Waals surface area (Å²) in [6.45, 7) is 8.04. The summed E-state index contributed by atoms with van der Waals surface area (Å²) in [7, 11) is 0. The van der Waals surface area contributed by atoms with Gasteiger partial charge in [-0.3, -0.25) is 0 Å². The summed E-state index contributed by atoms with van der Waals surface area (Å²) in [5, 5.41) is 1.11. The summed E-state index contributed by atoms with van der Waals surface area (Å²) in [4.78, 5) is 11.7. The topological polar surface area (TPSA) is 30.2 Å². The van der Waals surface area contributed by atoms with Crippen molar-refractivity contribution in [2.24, 2.45) is 11.8 Å². The van der Waals surface area contributed by atoms with Crippen LogP contribution in [0.1, 0.15) is 45.6 Å². The Bertz CT molecular complexity index is 578. The van der Waals surface area contributed by atoms with Gasteiger partial charge in [-0.05, 0) is 36.3 Å². The highest BCUT2D eigenvalue weighted by Crippen LogP contribution is 2.41. The van der Waals surface area contributed by atoms with Gasteiger partial charge in [0.1, 0.15) is 5.42 Å². The second kappa shape index (κ2) is 4.52. The molecule has 1 heterocycles. The van der Waals surface area contributed by atoms with Crippen molar-refractivity contribution in [3.8, 4) is 0 Å². The first-order valence-electron chi connectivity index (χ1n) is 6.53. The van der Waals surface area contributed by atoms with E-state index in [-0.39, 0.29) is 11.5 Å². The van der Waals surface area contributed by atoms with Gasteiger partial charge < -0.3 is 4.42 Å². The molecule has 1 fully saturated rings. The van der Waals surface area contributed by atoms with Crippen molar-refractivity contribution < 1.29 is 4.42 Å². The van der Waals surface area contributed by atoms with Crippen LogP contribution in [0.15, 0.2) is 15.3 Å². The van der Waals surface area contributed by atoms with Crippen molar-refractivity contribution >= 4 is 12.2 Å². The van der Waals surface area contributed by atoms with Gasteiger partial charge in [0.05, 0.1) is 0 Å². The van der Waals surface area contributed by atoms with Gasteiger partial charge in [0.2, 0.25) is 0 Å². The van der Waals surface area contributed by atoms with Gasteiger partial charge in [-0.1, -0.05) is 33.8 Å². The van der Waals surface area contributed by atoms with Crippen LogP contribution in [0.3, 0.4) is 0 Å². The lowest BCUT2D eigenvalue weighted by Crippen LogP contribution is -2.33. The molecular weight excluding hydrogens is 212 g/mol. The monoisotopic (exact) mass is 232 g/mol. The van der Waals surface area contributed by atoms with Crippen LogP contribution in [0.2, 0.25) is 0 Å². The van der Waals surface area contributed by atoms with E-state index in [1.165, 1.54) is 6.42 Å². The van der Waals surface area contributed by atoms with Crippen molar-refractivity contribution in [3.63, 3.8) is 0 Å². The first kappa shape index (κ1) is 12.2. The van der Waals surface area contributed by atoms with E-state index in [0.717, 1.165) is 16.2 Å². The lowest BCUT2D eigenvalue weighted by molar-refractivity contribution is 0.458. The van der Waals surface area contributed by atoms with Gasteiger partial charge in [-0.2, -0.15) is 0 Å². The average Bonchev–Trinajstić information content (AvgIpc) is 3.05. The van der Waals surface area contributed by atoms with Crippen LogP contribution < -0.4 is 16.3 Å². The molecular formula is C15H20O2. The lowest BCUT2D eigenvalue weighted by Gasteiger charge is -2.04. The largest absolute Gasteiger partial charge is 0.423 e. The van der Waals surface area contributed by atoms with Crippen molar-refractivity contribution in [2.45, 2.75) is 40.0 Å². The molecule has 0 spiro atoms. The fourth-order valence-corrected chi connectivity index (χ4v) is 2.22. The highest BCUT2D eigenvalue weighted by molar-refractivity contribution is 5.47. The summed E-state index contributed by atoms with van der Waals surface area (Å²) in [6.07, 6.45) is 5.57. The molecule has 0 aromatic carbocycles. The summed E-state index contributed by atoms with van der Waals surface area (Å²) in [6, 6.07) is 2.00. The molecule has 92 valence electrons. The van der Waals surface area contributed by atoms with Gasteiger partial charge in [-0.25, -0.2) is 4.79 Å². The van der Waals surface area contributed by atoms with Crippen LogP contribution in [0, 0.1) is 11.8 Å². The van der Waals surface area contributed by atoms with Crippen LogP contribution in [0.25, 0.3) is 12.2 Å². The zero-order valence-electron chi connectivity index (χ0n) is 11.0. The highest BCUT2D eigenvalue weighted by atomic mass is 16.4. The number of hydrogen-bond acceptors (Lipinski definition) is 2. The standard InChI is InChI=1S/C13H14O2.C2H6/c1-7(2)11-5-10-4-8-3-9(8)6-12(10)15-13(11)14;1-2/h4-9H,3H2,1-2H3;1-2H3. The first-order valence-corrected chi connectivity index (χ1v) is 6.53. The van der Waals surface area contributed by atoms with Crippen molar-refractivity contribution in [1.29, 1.82) is 0 Å². The van der Waals surface area contributed by atoms with Crippen LogP contribution in [0.4, 0.5) is 0 Å². The smallest absolute Gasteiger partial charge is 0.339 e. The molecule has 2 heteroatoms. The van der Waals surface area contributed by atoms with E-state index < -0.39 is 0 Å². The summed E-state index contributed by atoms with van der Waals surface area (Å²) < 4.78 is 5.35. The molecule has 0 bridgehead atoms.